The largest absolute Gasteiger partial charge is 0.394 e. The lowest BCUT2D eigenvalue weighted by atomic mass is 10.1. The number of carbonyl (C=O) groups excluding carboxylic acids is 1. The first-order valence-corrected chi connectivity index (χ1v) is 6.81. The van der Waals surface area contributed by atoms with Gasteiger partial charge in [0.1, 0.15) is 5.69 Å². The van der Waals surface area contributed by atoms with Crippen LogP contribution in [0, 0.1) is 0 Å². The average Bonchev–Trinajstić information content (AvgIpc) is 2.96. The normalized spacial score (nSPS) is 11.4. The zero-order valence-electron chi connectivity index (χ0n) is 12.0. The molecular weight excluding hydrogens is 268 g/mol. The van der Waals surface area contributed by atoms with Crippen LogP contribution in [-0.4, -0.2) is 39.4 Å². The van der Waals surface area contributed by atoms with Crippen molar-refractivity contribution in [2.75, 3.05) is 13.2 Å². The molecule has 0 aliphatic heterocycles. The number of nitrogens with zero attached hydrogens (tertiary/aromatic N) is 1. The Bertz CT molecular complexity index is 589. The van der Waals surface area contributed by atoms with E-state index in [4.69, 9.17) is 0 Å². The van der Waals surface area contributed by atoms with Crippen LogP contribution in [0.4, 0.5) is 0 Å². The molecule has 0 saturated heterocycles. The summed E-state index contributed by atoms with van der Waals surface area (Å²) in [5.41, 5.74) is 0.556. The average molecular weight is 288 g/mol. The van der Waals surface area contributed by atoms with Crippen molar-refractivity contribution in [1.82, 2.24) is 9.88 Å². The fraction of sp³-hybridized carbons (Fsp3) is 0.312. The first-order chi connectivity index (χ1) is 10.1. The molecule has 5 heteroatoms. The van der Waals surface area contributed by atoms with Gasteiger partial charge in [-0.25, -0.2) is 0 Å². The number of nitrogens with one attached hydrogen (secondary N) is 1. The molecular formula is C16H20N2O3. The van der Waals surface area contributed by atoms with E-state index in [1.165, 1.54) is 0 Å². The smallest absolute Gasteiger partial charge is 0.268 e. The van der Waals surface area contributed by atoms with Crippen LogP contribution in [0.1, 0.15) is 23.0 Å². The third-order valence-electron chi connectivity index (χ3n) is 3.37. The summed E-state index contributed by atoms with van der Waals surface area (Å²) in [6, 6.07) is 13.3. The van der Waals surface area contributed by atoms with Crippen molar-refractivity contribution in [3.05, 3.63) is 59.9 Å². The van der Waals surface area contributed by atoms with E-state index in [0.717, 1.165) is 5.56 Å². The lowest BCUT2D eigenvalue weighted by Gasteiger charge is -2.26. The molecule has 0 aliphatic carbocycles. The Labute approximate surface area is 123 Å². The van der Waals surface area contributed by atoms with Gasteiger partial charge in [-0.05, 0) is 24.6 Å². The maximum Gasteiger partial charge on any atom is 0.268 e. The fourth-order valence-electron chi connectivity index (χ4n) is 2.01. The number of hydrogen-bond acceptors (Lipinski definition) is 3. The van der Waals surface area contributed by atoms with Gasteiger partial charge in [0.2, 0.25) is 0 Å². The van der Waals surface area contributed by atoms with Crippen LogP contribution < -0.4 is 5.32 Å². The molecule has 2 aromatic rings. The summed E-state index contributed by atoms with van der Waals surface area (Å²) in [5.74, 6) is -0.318. The molecule has 1 aromatic carbocycles. The predicted molar refractivity (Wildman–Crippen MR) is 80.0 cm³/mol. The molecule has 0 unspecified atom stereocenters. The lowest BCUT2D eigenvalue weighted by molar-refractivity contribution is 0.0716. The molecule has 2 rings (SSSR count). The van der Waals surface area contributed by atoms with Crippen LogP contribution in [0.15, 0.2) is 48.7 Å². The van der Waals surface area contributed by atoms with E-state index in [1.807, 2.05) is 41.1 Å². The number of aromatic nitrogens is 1. The van der Waals surface area contributed by atoms with Crippen molar-refractivity contribution in [2.45, 2.75) is 19.0 Å². The molecule has 0 aliphatic rings. The SMILES string of the molecule is CC(CO)(CO)NC(=O)c1cccn1Cc1ccccc1. The van der Waals surface area contributed by atoms with Gasteiger partial charge >= 0.3 is 0 Å². The summed E-state index contributed by atoms with van der Waals surface area (Å²) in [6.07, 6.45) is 1.83. The van der Waals surface area contributed by atoms with Gasteiger partial charge in [-0.2, -0.15) is 0 Å². The highest BCUT2D eigenvalue weighted by atomic mass is 16.3. The van der Waals surface area contributed by atoms with Gasteiger partial charge in [-0.3, -0.25) is 4.79 Å². The molecule has 5 nitrogen and oxygen atoms in total. The fourth-order valence-corrected chi connectivity index (χ4v) is 2.01. The van der Waals surface area contributed by atoms with E-state index in [1.54, 1.807) is 19.1 Å². The Morgan fingerprint density at radius 1 is 1.14 bits per heavy atom. The van der Waals surface area contributed by atoms with Gasteiger partial charge < -0.3 is 20.1 Å². The zero-order valence-corrected chi connectivity index (χ0v) is 12.0. The minimum absolute atomic E-state index is 0.318. The summed E-state index contributed by atoms with van der Waals surface area (Å²) in [6.45, 7) is 1.53. The highest BCUT2D eigenvalue weighted by Gasteiger charge is 2.26. The third-order valence-corrected chi connectivity index (χ3v) is 3.37. The van der Waals surface area contributed by atoms with E-state index >= 15 is 0 Å². The first-order valence-electron chi connectivity index (χ1n) is 6.81. The third kappa shape index (κ3) is 3.71. The van der Waals surface area contributed by atoms with E-state index < -0.39 is 5.54 Å². The van der Waals surface area contributed by atoms with Gasteiger partial charge in [0, 0.05) is 12.7 Å². The molecule has 1 aromatic heterocycles. The molecule has 1 amide bonds. The Morgan fingerprint density at radius 3 is 2.43 bits per heavy atom. The van der Waals surface area contributed by atoms with Crippen molar-refractivity contribution < 1.29 is 15.0 Å². The first kappa shape index (κ1) is 15.3. The molecule has 1 heterocycles. The van der Waals surface area contributed by atoms with Crippen molar-refractivity contribution in [2.24, 2.45) is 0 Å². The number of benzene rings is 1. The molecule has 0 spiro atoms. The summed E-state index contributed by atoms with van der Waals surface area (Å²) >= 11 is 0. The van der Waals surface area contributed by atoms with Gasteiger partial charge in [0.15, 0.2) is 0 Å². The number of hydrogen-bond donors (Lipinski definition) is 3. The van der Waals surface area contributed by atoms with Crippen LogP contribution >= 0.6 is 0 Å². The molecule has 0 saturated carbocycles. The quantitative estimate of drug-likeness (QED) is 0.742. The minimum Gasteiger partial charge on any atom is -0.394 e. The van der Waals surface area contributed by atoms with E-state index in [0.29, 0.717) is 12.2 Å². The van der Waals surface area contributed by atoms with Crippen molar-refractivity contribution in [1.29, 1.82) is 0 Å². The predicted octanol–water partition coefficient (Wildman–Crippen LogP) is 1.01. The summed E-state index contributed by atoms with van der Waals surface area (Å²) in [7, 11) is 0. The number of rotatable bonds is 6. The lowest BCUT2D eigenvalue weighted by Crippen LogP contribution is -2.52. The van der Waals surface area contributed by atoms with Gasteiger partial charge in [-0.1, -0.05) is 30.3 Å². The number of aliphatic hydroxyl groups excluding tert-OH is 2. The molecule has 112 valence electrons. The Hall–Kier alpha value is -2.11. The maximum absolute atomic E-state index is 12.3. The second-order valence-corrected chi connectivity index (χ2v) is 5.34. The van der Waals surface area contributed by atoms with Gasteiger partial charge in [-0.15, -0.1) is 0 Å². The van der Waals surface area contributed by atoms with E-state index in [2.05, 4.69) is 5.32 Å². The van der Waals surface area contributed by atoms with Crippen molar-refractivity contribution in [3.63, 3.8) is 0 Å². The minimum atomic E-state index is -1.03. The summed E-state index contributed by atoms with van der Waals surface area (Å²) in [5, 5.41) is 21.2. The maximum atomic E-state index is 12.3. The van der Waals surface area contributed by atoms with Crippen LogP contribution in [0.3, 0.4) is 0 Å². The van der Waals surface area contributed by atoms with Gasteiger partial charge in [0.25, 0.3) is 5.91 Å². The van der Waals surface area contributed by atoms with Crippen molar-refractivity contribution in [3.8, 4) is 0 Å². The van der Waals surface area contributed by atoms with Crippen LogP contribution in [-0.2, 0) is 6.54 Å². The molecule has 3 N–H and O–H groups in total. The highest BCUT2D eigenvalue weighted by molar-refractivity contribution is 5.93. The second kappa shape index (κ2) is 6.56. The standard InChI is InChI=1S/C16H20N2O3/c1-16(11-19,12-20)17-15(21)14-8-5-9-18(14)10-13-6-3-2-4-7-13/h2-9,19-20H,10-12H2,1H3,(H,17,21). The molecule has 0 radical (unpaired) electrons. The molecule has 0 atom stereocenters. The Kier molecular flexibility index (Phi) is 4.77. The monoisotopic (exact) mass is 288 g/mol. The van der Waals surface area contributed by atoms with Crippen LogP contribution in [0.5, 0.6) is 0 Å². The summed E-state index contributed by atoms with van der Waals surface area (Å²) in [4.78, 5) is 12.3. The Morgan fingerprint density at radius 2 is 1.81 bits per heavy atom. The highest BCUT2D eigenvalue weighted by Crippen LogP contribution is 2.10. The molecule has 0 fully saturated rings. The Balaban J connectivity index is 2.15. The topological polar surface area (TPSA) is 74.5 Å². The van der Waals surface area contributed by atoms with E-state index in [9.17, 15) is 15.0 Å². The molecule has 0 bridgehead atoms. The summed E-state index contributed by atoms with van der Waals surface area (Å²) < 4.78 is 1.83. The molecule has 21 heavy (non-hydrogen) atoms. The van der Waals surface area contributed by atoms with Crippen LogP contribution in [0.25, 0.3) is 0 Å². The number of carbonyl (C=O) groups is 1. The van der Waals surface area contributed by atoms with E-state index in [-0.39, 0.29) is 19.1 Å². The second-order valence-electron chi connectivity index (χ2n) is 5.34. The van der Waals surface area contributed by atoms with Crippen LogP contribution in [0.2, 0.25) is 0 Å². The number of amides is 1. The zero-order chi connectivity index (χ0) is 15.3. The number of aliphatic hydroxyl groups is 2. The van der Waals surface area contributed by atoms with Crippen molar-refractivity contribution >= 4 is 5.91 Å². The van der Waals surface area contributed by atoms with Gasteiger partial charge in [0.05, 0.1) is 18.8 Å².